The van der Waals surface area contributed by atoms with Gasteiger partial charge in [0.1, 0.15) is 5.75 Å². The molecule has 0 aromatic heterocycles. The molecule has 0 saturated carbocycles. The molecule has 1 aromatic carbocycles. The van der Waals surface area contributed by atoms with E-state index in [0.29, 0.717) is 0 Å². The maximum Gasteiger partial charge on any atom is 0.119 e. The summed E-state index contributed by atoms with van der Waals surface area (Å²) in [4.78, 5) is 2.67. The van der Waals surface area contributed by atoms with Crippen LogP contribution in [0.25, 0.3) is 0 Å². The smallest absolute Gasteiger partial charge is 0.119 e. The average Bonchev–Trinajstić information content (AvgIpc) is 2.64. The predicted octanol–water partition coefficient (Wildman–Crippen LogP) is 6.44. The summed E-state index contributed by atoms with van der Waals surface area (Å²) in [6.07, 6.45) is 10.5. The van der Waals surface area contributed by atoms with Crippen LogP contribution in [0.1, 0.15) is 84.6 Å². The monoisotopic (exact) mass is 359 g/mol. The molecule has 2 heteroatoms. The van der Waals surface area contributed by atoms with Crippen molar-refractivity contribution in [2.24, 2.45) is 5.92 Å². The van der Waals surface area contributed by atoms with Gasteiger partial charge in [-0.15, -0.1) is 0 Å². The third-order valence-electron chi connectivity index (χ3n) is 6.15. The zero-order valence-electron chi connectivity index (χ0n) is 17.7. The van der Waals surface area contributed by atoms with Gasteiger partial charge in [0.15, 0.2) is 0 Å². The Hall–Kier alpha value is -1.02. The molecule has 148 valence electrons. The molecule has 0 radical (unpaired) electrons. The molecule has 1 saturated heterocycles. The fraction of sp³-hybridized carbons (Fsp3) is 0.750. The largest absolute Gasteiger partial charge is 0.494 e. The van der Waals surface area contributed by atoms with E-state index in [0.717, 1.165) is 24.7 Å². The van der Waals surface area contributed by atoms with Gasteiger partial charge >= 0.3 is 0 Å². The maximum absolute atomic E-state index is 5.91. The number of hydrogen-bond donors (Lipinski definition) is 0. The number of benzene rings is 1. The standard InChI is InChI=1S/C24H41NO/c1-5-24(3,4)22-13-15-23(16-14-22)26-19-10-8-6-7-9-17-25-18-11-12-21(2)20-25/h13-16,21H,5-12,17-20H2,1-4H3. The summed E-state index contributed by atoms with van der Waals surface area (Å²) in [5.41, 5.74) is 1.65. The summed E-state index contributed by atoms with van der Waals surface area (Å²) < 4.78 is 5.91. The van der Waals surface area contributed by atoms with Crippen molar-refractivity contribution in [3.63, 3.8) is 0 Å². The van der Waals surface area contributed by atoms with Crippen LogP contribution in [-0.4, -0.2) is 31.1 Å². The van der Waals surface area contributed by atoms with Crippen LogP contribution >= 0.6 is 0 Å². The lowest BCUT2D eigenvalue weighted by Crippen LogP contribution is -2.34. The van der Waals surface area contributed by atoms with Crippen molar-refractivity contribution in [3.05, 3.63) is 29.8 Å². The molecule has 26 heavy (non-hydrogen) atoms. The second-order valence-electron chi connectivity index (χ2n) is 8.93. The highest BCUT2D eigenvalue weighted by Gasteiger charge is 2.17. The molecule has 1 unspecified atom stereocenters. The van der Waals surface area contributed by atoms with Crippen molar-refractivity contribution in [1.29, 1.82) is 0 Å². The van der Waals surface area contributed by atoms with Crippen LogP contribution in [0.5, 0.6) is 5.75 Å². The fourth-order valence-corrected chi connectivity index (χ4v) is 3.85. The van der Waals surface area contributed by atoms with Crippen molar-refractivity contribution in [2.45, 2.75) is 84.5 Å². The second kappa shape index (κ2) is 11.0. The van der Waals surface area contributed by atoms with E-state index < -0.39 is 0 Å². The number of rotatable bonds is 11. The Morgan fingerprint density at radius 2 is 1.73 bits per heavy atom. The highest BCUT2D eigenvalue weighted by Crippen LogP contribution is 2.28. The zero-order chi connectivity index (χ0) is 18.8. The summed E-state index contributed by atoms with van der Waals surface area (Å²) in [5, 5.41) is 0. The number of hydrogen-bond acceptors (Lipinski definition) is 2. The van der Waals surface area contributed by atoms with E-state index >= 15 is 0 Å². The quantitative estimate of drug-likeness (QED) is 0.422. The fourth-order valence-electron chi connectivity index (χ4n) is 3.85. The molecule has 0 bridgehead atoms. The summed E-state index contributed by atoms with van der Waals surface area (Å²) in [6, 6.07) is 8.71. The molecule has 0 amide bonds. The van der Waals surface area contributed by atoms with E-state index in [1.165, 1.54) is 70.1 Å². The van der Waals surface area contributed by atoms with Crippen molar-refractivity contribution < 1.29 is 4.74 Å². The molecule has 1 atom stereocenters. The Morgan fingerprint density at radius 1 is 1.04 bits per heavy atom. The van der Waals surface area contributed by atoms with Gasteiger partial charge in [-0.2, -0.15) is 0 Å². The molecular formula is C24H41NO. The third kappa shape index (κ3) is 7.31. The highest BCUT2D eigenvalue weighted by atomic mass is 16.5. The van der Waals surface area contributed by atoms with Gasteiger partial charge in [-0.05, 0) is 74.2 Å². The van der Waals surface area contributed by atoms with Gasteiger partial charge in [-0.1, -0.05) is 59.1 Å². The van der Waals surface area contributed by atoms with Crippen molar-refractivity contribution in [2.75, 3.05) is 26.2 Å². The predicted molar refractivity (Wildman–Crippen MR) is 113 cm³/mol. The lowest BCUT2D eigenvalue weighted by atomic mass is 9.82. The van der Waals surface area contributed by atoms with Crippen LogP contribution in [0, 0.1) is 5.92 Å². The Labute approximate surface area is 162 Å². The van der Waals surface area contributed by atoms with Gasteiger partial charge in [0.25, 0.3) is 0 Å². The van der Waals surface area contributed by atoms with Gasteiger partial charge in [0, 0.05) is 6.54 Å². The first-order valence-electron chi connectivity index (χ1n) is 11.0. The minimum Gasteiger partial charge on any atom is -0.494 e. The van der Waals surface area contributed by atoms with Gasteiger partial charge < -0.3 is 9.64 Å². The molecule has 1 aromatic rings. The van der Waals surface area contributed by atoms with Crippen LogP contribution in [0.15, 0.2) is 24.3 Å². The van der Waals surface area contributed by atoms with Crippen molar-refractivity contribution in [1.82, 2.24) is 4.90 Å². The lowest BCUT2D eigenvalue weighted by molar-refractivity contribution is 0.180. The van der Waals surface area contributed by atoms with Gasteiger partial charge in [0.05, 0.1) is 6.61 Å². The Bertz CT molecular complexity index is 493. The Morgan fingerprint density at radius 3 is 2.42 bits per heavy atom. The second-order valence-corrected chi connectivity index (χ2v) is 8.93. The average molecular weight is 360 g/mol. The molecule has 1 heterocycles. The normalized spacial score (nSPS) is 18.8. The van der Waals surface area contributed by atoms with Crippen molar-refractivity contribution in [3.8, 4) is 5.75 Å². The third-order valence-corrected chi connectivity index (χ3v) is 6.15. The molecular weight excluding hydrogens is 318 g/mol. The van der Waals surface area contributed by atoms with Crippen LogP contribution in [-0.2, 0) is 5.41 Å². The molecule has 0 aliphatic carbocycles. The minimum absolute atomic E-state index is 0.255. The number of nitrogens with zero attached hydrogens (tertiary/aromatic N) is 1. The lowest BCUT2D eigenvalue weighted by Gasteiger charge is -2.30. The van der Waals surface area contributed by atoms with E-state index in [9.17, 15) is 0 Å². The first-order chi connectivity index (χ1) is 12.5. The topological polar surface area (TPSA) is 12.5 Å². The van der Waals surface area contributed by atoms with Crippen LogP contribution in [0.4, 0.5) is 0 Å². The Balaban J connectivity index is 1.50. The Kier molecular flexibility index (Phi) is 8.98. The molecule has 0 spiro atoms. The zero-order valence-corrected chi connectivity index (χ0v) is 17.7. The molecule has 1 aliphatic heterocycles. The van der Waals surface area contributed by atoms with Crippen molar-refractivity contribution >= 4 is 0 Å². The van der Waals surface area contributed by atoms with E-state index in [1.54, 1.807) is 0 Å². The van der Waals surface area contributed by atoms with E-state index in [2.05, 4.69) is 56.9 Å². The number of unbranched alkanes of at least 4 members (excludes halogenated alkanes) is 4. The first kappa shape index (κ1) is 21.3. The maximum atomic E-state index is 5.91. The SMILES string of the molecule is CCC(C)(C)c1ccc(OCCCCCCCN2CCCC(C)C2)cc1. The summed E-state index contributed by atoms with van der Waals surface area (Å²) in [5.74, 6) is 1.92. The molecule has 2 rings (SSSR count). The number of piperidine rings is 1. The molecule has 2 nitrogen and oxygen atoms in total. The van der Waals surface area contributed by atoms with Crippen LogP contribution < -0.4 is 4.74 Å². The number of ether oxygens (including phenoxy) is 1. The van der Waals surface area contributed by atoms with Gasteiger partial charge in [-0.3, -0.25) is 0 Å². The summed E-state index contributed by atoms with van der Waals surface area (Å²) in [6.45, 7) is 14.0. The van der Waals surface area contributed by atoms with Crippen LogP contribution in [0.2, 0.25) is 0 Å². The molecule has 1 fully saturated rings. The van der Waals surface area contributed by atoms with E-state index in [4.69, 9.17) is 4.74 Å². The molecule has 0 N–H and O–H groups in total. The van der Waals surface area contributed by atoms with E-state index in [1.807, 2.05) is 0 Å². The number of likely N-dealkylation sites (tertiary alicyclic amines) is 1. The first-order valence-corrected chi connectivity index (χ1v) is 11.0. The van der Waals surface area contributed by atoms with E-state index in [-0.39, 0.29) is 5.41 Å². The summed E-state index contributed by atoms with van der Waals surface area (Å²) >= 11 is 0. The highest BCUT2D eigenvalue weighted by molar-refractivity contribution is 5.31. The molecule has 1 aliphatic rings. The van der Waals surface area contributed by atoms with Gasteiger partial charge in [-0.25, -0.2) is 0 Å². The van der Waals surface area contributed by atoms with Gasteiger partial charge in [0.2, 0.25) is 0 Å². The minimum atomic E-state index is 0.255. The summed E-state index contributed by atoms with van der Waals surface area (Å²) in [7, 11) is 0. The van der Waals surface area contributed by atoms with Crippen LogP contribution in [0.3, 0.4) is 0 Å².